The second-order valence-electron chi connectivity index (χ2n) is 7.78. The van der Waals surface area contributed by atoms with Crippen molar-refractivity contribution in [3.63, 3.8) is 0 Å². The number of halogens is 4. The number of nitrogens with zero attached hydrogens (tertiary/aromatic N) is 2. The van der Waals surface area contributed by atoms with Crippen molar-refractivity contribution in [3.8, 4) is 11.4 Å². The van der Waals surface area contributed by atoms with Gasteiger partial charge in [-0.3, -0.25) is 4.90 Å². The molecule has 150 valence electrons. The number of nitrogens with one attached hydrogen (secondary N) is 1. The van der Waals surface area contributed by atoms with Crippen LogP contribution in [0.5, 0.6) is 0 Å². The summed E-state index contributed by atoms with van der Waals surface area (Å²) in [5.41, 5.74) is 4.09. The van der Waals surface area contributed by atoms with Gasteiger partial charge in [0.1, 0.15) is 23.3 Å². The van der Waals surface area contributed by atoms with Crippen molar-refractivity contribution in [2.45, 2.75) is 38.3 Å². The number of hydrogen-bond acceptors (Lipinski definition) is 2. The molecular weight excluding hydrogens is 399 g/mol. The van der Waals surface area contributed by atoms with E-state index in [0.717, 1.165) is 42.4 Å². The fourth-order valence-corrected chi connectivity index (χ4v) is 4.77. The van der Waals surface area contributed by atoms with Crippen LogP contribution >= 0.6 is 11.6 Å². The maximum atomic E-state index is 14.3. The minimum absolute atomic E-state index is 0.205. The van der Waals surface area contributed by atoms with Crippen LogP contribution in [0.15, 0.2) is 30.3 Å². The Kier molecular flexibility index (Phi) is 4.63. The predicted molar refractivity (Wildman–Crippen MR) is 105 cm³/mol. The molecule has 2 heterocycles. The lowest BCUT2D eigenvalue weighted by molar-refractivity contribution is 0.159. The number of rotatable bonds is 2. The van der Waals surface area contributed by atoms with E-state index in [9.17, 15) is 13.2 Å². The van der Waals surface area contributed by atoms with E-state index in [2.05, 4.69) is 14.9 Å². The number of aromatic nitrogens is 2. The van der Waals surface area contributed by atoms with Gasteiger partial charge in [-0.05, 0) is 54.7 Å². The maximum Gasteiger partial charge on any atom is 0.139 e. The average Bonchev–Trinajstić information content (AvgIpc) is 3.10. The standard InChI is InChI=1S/C22H19ClF3N3/c23-18-8-13(24)2-4-16(18)22-27-20-5-6-29(11-21(20)28-22)15-3-1-12-7-14(25)9-19(26)17(12)10-15/h2,4,7-9,15H,1,3,5-6,10-11H2,(H,27,28). The van der Waals surface area contributed by atoms with Crippen LogP contribution in [-0.4, -0.2) is 27.5 Å². The van der Waals surface area contributed by atoms with Gasteiger partial charge in [0.05, 0.1) is 16.4 Å². The normalized spacial score (nSPS) is 19.1. The zero-order valence-electron chi connectivity index (χ0n) is 15.6. The fraction of sp³-hybridized carbons (Fsp3) is 0.318. The van der Waals surface area contributed by atoms with Gasteiger partial charge in [0.25, 0.3) is 0 Å². The summed E-state index contributed by atoms with van der Waals surface area (Å²) < 4.78 is 41.1. The van der Waals surface area contributed by atoms with E-state index >= 15 is 0 Å². The van der Waals surface area contributed by atoms with Crippen LogP contribution < -0.4 is 0 Å². The number of aryl methyl sites for hydroxylation is 1. The minimum Gasteiger partial charge on any atom is -0.340 e. The predicted octanol–water partition coefficient (Wildman–Crippen LogP) is 5.06. The van der Waals surface area contributed by atoms with E-state index in [1.54, 1.807) is 6.07 Å². The van der Waals surface area contributed by atoms with E-state index in [-0.39, 0.29) is 11.9 Å². The van der Waals surface area contributed by atoms with E-state index in [0.29, 0.717) is 41.4 Å². The summed E-state index contributed by atoms with van der Waals surface area (Å²) in [6.07, 6.45) is 2.91. The summed E-state index contributed by atoms with van der Waals surface area (Å²) in [6, 6.07) is 6.91. The molecule has 7 heteroatoms. The molecule has 29 heavy (non-hydrogen) atoms. The molecule has 1 aliphatic carbocycles. The molecule has 0 bridgehead atoms. The van der Waals surface area contributed by atoms with Gasteiger partial charge in [0.2, 0.25) is 0 Å². The molecule has 3 nitrogen and oxygen atoms in total. The molecule has 5 rings (SSSR count). The molecule has 1 unspecified atom stereocenters. The highest BCUT2D eigenvalue weighted by Gasteiger charge is 2.30. The van der Waals surface area contributed by atoms with Crippen LogP contribution in [0.3, 0.4) is 0 Å². The van der Waals surface area contributed by atoms with Gasteiger partial charge in [-0.15, -0.1) is 0 Å². The lowest BCUT2D eigenvalue weighted by Gasteiger charge is -2.37. The minimum atomic E-state index is -0.508. The monoisotopic (exact) mass is 417 g/mol. The Morgan fingerprint density at radius 1 is 1.07 bits per heavy atom. The van der Waals surface area contributed by atoms with Gasteiger partial charge in [-0.1, -0.05) is 11.6 Å². The first kappa shape index (κ1) is 18.7. The van der Waals surface area contributed by atoms with Crippen LogP contribution in [-0.2, 0) is 25.8 Å². The van der Waals surface area contributed by atoms with Crippen molar-refractivity contribution in [1.82, 2.24) is 14.9 Å². The van der Waals surface area contributed by atoms with Crippen molar-refractivity contribution < 1.29 is 13.2 Å². The zero-order valence-corrected chi connectivity index (χ0v) is 16.4. The number of imidazole rings is 1. The van der Waals surface area contributed by atoms with Crippen molar-refractivity contribution in [1.29, 1.82) is 0 Å². The third-order valence-electron chi connectivity index (χ3n) is 6.00. The molecule has 2 aliphatic rings. The number of hydrogen-bond donors (Lipinski definition) is 1. The van der Waals surface area contributed by atoms with E-state index in [1.807, 2.05) is 0 Å². The Labute approximate surface area is 171 Å². The van der Waals surface area contributed by atoms with Crippen molar-refractivity contribution in [3.05, 3.63) is 75.3 Å². The first-order valence-corrected chi connectivity index (χ1v) is 10.1. The Balaban J connectivity index is 1.37. The number of H-pyrrole nitrogens is 1. The van der Waals surface area contributed by atoms with Gasteiger partial charge in [-0.2, -0.15) is 0 Å². The lowest BCUT2D eigenvalue weighted by Crippen LogP contribution is -2.42. The van der Waals surface area contributed by atoms with Gasteiger partial charge < -0.3 is 4.98 Å². The van der Waals surface area contributed by atoms with Gasteiger partial charge in [0.15, 0.2) is 0 Å². The molecule has 1 aromatic heterocycles. The van der Waals surface area contributed by atoms with Crippen LogP contribution in [0.25, 0.3) is 11.4 Å². The maximum absolute atomic E-state index is 14.3. The Morgan fingerprint density at radius 2 is 1.93 bits per heavy atom. The Bertz CT molecular complexity index is 1100. The molecule has 1 atom stereocenters. The summed E-state index contributed by atoms with van der Waals surface area (Å²) in [4.78, 5) is 10.3. The average molecular weight is 418 g/mol. The second kappa shape index (κ2) is 7.18. The molecule has 0 saturated heterocycles. The van der Waals surface area contributed by atoms with E-state index < -0.39 is 11.6 Å². The van der Waals surface area contributed by atoms with E-state index in [1.165, 1.54) is 18.2 Å². The van der Waals surface area contributed by atoms with E-state index in [4.69, 9.17) is 11.6 Å². The largest absolute Gasteiger partial charge is 0.340 e. The Morgan fingerprint density at radius 3 is 2.76 bits per heavy atom. The number of fused-ring (bicyclic) bond motifs is 2. The van der Waals surface area contributed by atoms with Crippen LogP contribution in [0.1, 0.15) is 28.9 Å². The fourth-order valence-electron chi connectivity index (χ4n) is 4.52. The summed E-state index contributed by atoms with van der Waals surface area (Å²) in [6.45, 7) is 1.52. The smallest absolute Gasteiger partial charge is 0.139 e. The SMILES string of the molecule is Fc1ccc(-c2nc3c([nH]2)CN(C2CCc4cc(F)cc(F)c4C2)CC3)c(Cl)c1. The summed E-state index contributed by atoms with van der Waals surface area (Å²) in [5, 5.41) is 0.319. The molecular formula is C22H19ClF3N3. The van der Waals surface area contributed by atoms with Crippen molar-refractivity contribution >= 4 is 11.6 Å². The molecule has 1 aliphatic heterocycles. The first-order valence-electron chi connectivity index (χ1n) is 9.72. The highest BCUT2D eigenvalue weighted by atomic mass is 35.5. The third kappa shape index (κ3) is 3.45. The van der Waals surface area contributed by atoms with Crippen molar-refractivity contribution in [2.75, 3.05) is 6.54 Å². The van der Waals surface area contributed by atoms with Gasteiger partial charge in [0, 0.05) is 37.2 Å². The van der Waals surface area contributed by atoms with Gasteiger partial charge >= 0.3 is 0 Å². The number of benzene rings is 2. The number of aromatic amines is 1. The molecule has 0 saturated carbocycles. The van der Waals surface area contributed by atoms with Crippen molar-refractivity contribution in [2.24, 2.45) is 0 Å². The first-order chi connectivity index (χ1) is 14.0. The highest BCUT2D eigenvalue weighted by Crippen LogP contribution is 2.32. The third-order valence-corrected chi connectivity index (χ3v) is 6.32. The second-order valence-corrected chi connectivity index (χ2v) is 8.18. The zero-order chi connectivity index (χ0) is 20.1. The summed E-state index contributed by atoms with van der Waals surface area (Å²) in [7, 11) is 0. The summed E-state index contributed by atoms with van der Waals surface area (Å²) in [5.74, 6) is -0.702. The highest BCUT2D eigenvalue weighted by molar-refractivity contribution is 6.33. The molecule has 0 fully saturated rings. The molecule has 1 N–H and O–H groups in total. The molecule has 2 aromatic carbocycles. The Hall–Kier alpha value is -2.31. The summed E-state index contributed by atoms with van der Waals surface area (Å²) >= 11 is 6.18. The quantitative estimate of drug-likeness (QED) is 0.631. The molecule has 0 amide bonds. The van der Waals surface area contributed by atoms with Crippen LogP contribution in [0, 0.1) is 17.5 Å². The van der Waals surface area contributed by atoms with Gasteiger partial charge in [-0.25, -0.2) is 18.2 Å². The topological polar surface area (TPSA) is 31.9 Å². The lowest BCUT2D eigenvalue weighted by atomic mass is 9.86. The molecule has 0 radical (unpaired) electrons. The van der Waals surface area contributed by atoms with Crippen LogP contribution in [0.4, 0.5) is 13.2 Å². The molecule has 0 spiro atoms. The van der Waals surface area contributed by atoms with Crippen LogP contribution in [0.2, 0.25) is 5.02 Å². The molecule has 3 aromatic rings.